The summed E-state index contributed by atoms with van der Waals surface area (Å²) in [7, 11) is 0. The van der Waals surface area contributed by atoms with Gasteiger partial charge in [0.2, 0.25) is 0 Å². The molecule has 2 aromatic heterocycles. The molecule has 0 radical (unpaired) electrons. The number of aromatic nitrogens is 2. The molecular weight excluding hydrogens is 297 g/mol. The van der Waals surface area contributed by atoms with Gasteiger partial charge in [0, 0.05) is 17.8 Å². The van der Waals surface area contributed by atoms with E-state index in [1.807, 2.05) is 13.0 Å². The lowest BCUT2D eigenvalue weighted by Gasteiger charge is -2.12. The number of rotatable bonds is 3. The van der Waals surface area contributed by atoms with E-state index in [1.54, 1.807) is 18.4 Å². The molecule has 23 heavy (non-hydrogen) atoms. The molecule has 0 saturated heterocycles. The van der Waals surface area contributed by atoms with E-state index < -0.39 is 5.82 Å². The number of hydrogen-bond donors (Lipinski definition) is 2. The third-order valence-corrected chi connectivity index (χ3v) is 3.82. The van der Waals surface area contributed by atoms with Crippen LogP contribution < -0.4 is 0 Å². The van der Waals surface area contributed by atoms with Gasteiger partial charge in [-0.2, -0.15) is 0 Å². The second-order valence-corrected chi connectivity index (χ2v) is 5.41. The molecule has 3 rings (SSSR count). The Hall–Kier alpha value is -2.89. The summed E-state index contributed by atoms with van der Waals surface area (Å²) in [5, 5.41) is 21.1. The zero-order valence-electron chi connectivity index (χ0n) is 13.0. The van der Waals surface area contributed by atoms with Crippen molar-refractivity contribution in [2.24, 2.45) is 0 Å². The zero-order valence-corrected chi connectivity index (χ0v) is 13.0. The third-order valence-electron chi connectivity index (χ3n) is 3.82. The monoisotopic (exact) mass is 313 g/mol. The van der Waals surface area contributed by atoms with E-state index in [0.717, 1.165) is 11.6 Å². The molecule has 0 unspecified atom stereocenters. The summed E-state index contributed by atoms with van der Waals surface area (Å²) >= 11 is 0. The van der Waals surface area contributed by atoms with Gasteiger partial charge in [-0.05, 0) is 44.5 Å². The smallest absolute Gasteiger partial charge is 0.157 e. The van der Waals surface area contributed by atoms with E-state index in [-0.39, 0.29) is 5.75 Å². The standard InChI is InChI=1S/C17H16FN3O2/c1-9-6-15(13-5-4-12(22)7-14(13)18)21(16(9)8-19)17-10(2)20-23-11(17)3/h4-8,19,22H,1-3H3. The minimum Gasteiger partial charge on any atom is -0.508 e. The number of aryl methyl sites for hydroxylation is 3. The van der Waals surface area contributed by atoms with E-state index in [1.165, 1.54) is 18.3 Å². The fourth-order valence-electron chi connectivity index (χ4n) is 2.78. The molecule has 0 bridgehead atoms. The average molecular weight is 313 g/mol. The Bertz CT molecular complexity index is 889. The highest BCUT2D eigenvalue weighted by Crippen LogP contribution is 2.33. The van der Waals surface area contributed by atoms with Crippen molar-refractivity contribution in [2.45, 2.75) is 20.8 Å². The Morgan fingerprint density at radius 2 is 2.00 bits per heavy atom. The predicted octanol–water partition coefficient (Wildman–Crippen LogP) is 3.90. The quantitative estimate of drug-likeness (QED) is 0.720. The maximum atomic E-state index is 14.3. The highest BCUT2D eigenvalue weighted by atomic mass is 19.1. The Labute approximate surface area is 132 Å². The summed E-state index contributed by atoms with van der Waals surface area (Å²) in [5.74, 6) is -0.0839. The second kappa shape index (κ2) is 5.39. The molecule has 0 aliphatic heterocycles. The van der Waals surface area contributed by atoms with Crippen LogP contribution in [0.2, 0.25) is 0 Å². The first kappa shape index (κ1) is 15.0. The van der Waals surface area contributed by atoms with Crippen LogP contribution in [-0.2, 0) is 0 Å². The van der Waals surface area contributed by atoms with E-state index in [0.29, 0.717) is 34.1 Å². The molecule has 3 aromatic rings. The van der Waals surface area contributed by atoms with Gasteiger partial charge in [-0.15, -0.1) is 0 Å². The van der Waals surface area contributed by atoms with E-state index in [4.69, 9.17) is 9.93 Å². The molecule has 1 aromatic carbocycles. The van der Waals surface area contributed by atoms with Gasteiger partial charge >= 0.3 is 0 Å². The molecule has 118 valence electrons. The summed E-state index contributed by atoms with van der Waals surface area (Å²) in [6, 6.07) is 5.82. The van der Waals surface area contributed by atoms with Crippen LogP contribution in [0.15, 0.2) is 28.8 Å². The SMILES string of the molecule is Cc1cc(-c2ccc(O)cc2F)n(-c2c(C)noc2C)c1C=N. The van der Waals surface area contributed by atoms with Gasteiger partial charge in [-0.25, -0.2) is 4.39 Å². The Kier molecular flexibility index (Phi) is 3.52. The number of halogens is 1. The maximum absolute atomic E-state index is 14.3. The number of phenolic OH excluding ortho intramolecular Hbond substituents is 1. The predicted molar refractivity (Wildman–Crippen MR) is 85.0 cm³/mol. The van der Waals surface area contributed by atoms with Crippen LogP contribution >= 0.6 is 0 Å². The molecule has 0 aliphatic rings. The number of nitrogens with zero attached hydrogens (tertiary/aromatic N) is 2. The lowest BCUT2D eigenvalue weighted by molar-refractivity contribution is 0.393. The van der Waals surface area contributed by atoms with Crippen molar-refractivity contribution in [1.82, 2.24) is 9.72 Å². The van der Waals surface area contributed by atoms with Crippen molar-refractivity contribution < 1.29 is 14.0 Å². The van der Waals surface area contributed by atoms with Crippen LogP contribution in [0.1, 0.15) is 22.7 Å². The number of benzene rings is 1. The molecule has 2 heterocycles. The normalized spacial score (nSPS) is 11.0. The van der Waals surface area contributed by atoms with Gasteiger partial charge in [0.1, 0.15) is 22.9 Å². The maximum Gasteiger partial charge on any atom is 0.157 e. The third kappa shape index (κ3) is 2.32. The fraction of sp³-hybridized carbons (Fsp3) is 0.176. The van der Waals surface area contributed by atoms with Gasteiger partial charge in [0.05, 0.1) is 11.4 Å². The first-order valence-corrected chi connectivity index (χ1v) is 7.09. The molecule has 0 fully saturated rings. The Morgan fingerprint density at radius 3 is 2.57 bits per heavy atom. The Morgan fingerprint density at radius 1 is 1.26 bits per heavy atom. The average Bonchev–Trinajstić information content (AvgIpc) is 2.98. The van der Waals surface area contributed by atoms with Gasteiger partial charge in [0.25, 0.3) is 0 Å². The molecule has 5 nitrogen and oxygen atoms in total. The molecule has 6 heteroatoms. The van der Waals surface area contributed by atoms with Crippen LogP contribution in [-0.4, -0.2) is 21.0 Å². The van der Waals surface area contributed by atoms with Crippen molar-refractivity contribution in [1.29, 1.82) is 5.41 Å². The lowest BCUT2D eigenvalue weighted by atomic mass is 10.1. The summed E-state index contributed by atoms with van der Waals surface area (Å²) in [6.45, 7) is 5.43. The van der Waals surface area contributed by atoms with Gasteiger partial charge in [0.15, 0.2) is 5.76 Å². The minimum atomic E-state index is -0.535. The molecule has 0 amide bonds. The van der Waals surface area contributed by atoms with Crippen LogP contribution in [0, 0.1) is 32.0 Å². The number of nitrogens with one attached hydrogen (secondary N) is 1. The number of hydrogen-bond acceptors (Lipinski definition) is 4. The summed E-state index contributed by atoms with van der Waals surface area (Å²) < 4.78 is 21.3. The second-order valence-electron chi connectivity index (χ2n) is 5.41. The largest absolute Gasteiger partial charge is 0.508 e. The van der Waals surface area contributed by atoms with Gasteiger partial charge < -0.3 is 19.6 Å². The summed E-state index contributed by atoms with van der Waals surface area (Å²) in [4.78, 5) is 0. The summed E-state index contributed by atoms with van der Waals surface area (Å²) in [6.07, 6.45) is 1.23. The van der Waals surface area contributed by atoms with Crippen LogP contribution in [0.5, 0.6) is 5.75 Å². The zero-order chi connectivity index (χ0) is 16.7. The van der Waals surface area contributed by atoms with Crippen LogP contribution in [0.25, 0.3) is 16.9 Å². The highest BCUT2D eigenvalue weighted by Gasteiger charge is 2.22. The van der Waals surface area contributed by atoms with Crippen molar-refractivity contribution >= 4 is 6.21 Å². The van der Waals surface area contributed by atoms with E-state index >= 15 is 0 Å². The van der Waals surface area contributed by atoms with Gasteiger partial charge in [-0.1, -0.05) is 5.16 Å². The molecular formula is C17H16FN3O2. The first-order chi connectivity index (χ1) is 10.9. The fourth-order valence-corrected chi connectivity index (χ4v) is 2.78. The van der Waals surface area contributed by atoms with Crippen LogP contribution in [0.4, 0.5) is 4.39 Å². The topological polar surface area (TPSA) is 75.0 Å². The van der Waals surface area contributed by atoms with Gasteiger partial charge in [-0.3, -0.25) is 0 Å². The molecule has 2 N–H and O–H groups in total. The molecule has 0 saturated carbocycles. The van der Waals surface area contributed by atoms with Crippen molar-refractivity contribution in [2.75, 3.05) is 0 Å². The van der Waals surface area contributed by atoms with E-state index in [9.17, 15) is 9.50 Å². The van der Waals surface area contributed by atoms with Crippen molar-refractivity contribution in [3.63, 3.8) is 0 Å². The van der Waals surface area contributed by atoms with Crippen molar-refractivity contribution in [3.8, 4) is 22.7 Å². The van der Waals surface area contributed by atoms with E-state index in [2.05, 4.69) is 5.16 Å². The number of phenols is 1. The summed E-state index contributed by atoms with van der Waals surface area (Å²) in [5.41, 5.74) is 3.72. The Balaban J connectivity index is 2.37. The lowest BCUT2D eigenvalue weighted by Crippen LogP contribution is -2.05. The molecule has 0 atom stereocenters. The number of aromatic hydroxyl groups is 1. The van der Waals surface area contributed by atoms with Crippen LogP contribution in [0.3, 0.4) is 0 Å². The molecule has 0 spiro atoms. The molecule has 0 aliphatic carbocycles. The van der Waals surface area contributed by atoms with Crippen molar-refractivity contribution in [3.05, 3.63) is 52.8 Å². The minimum absolute atomic E-state index is 0.134. The highest BCUT2D eigenvalue weighted by molar-refractivity contribution is 5.83. The first-order valence-electron chi connectivity index (χ1n) is 7.09.